The Kier molecular flexibility index (Phi) is 8.20. The topological polar surface area (TPSA) is 80.7 Å². The van der Waals surface area contributed by atoms with E-state index in [4.69, 9.17) is 19.3 Å². The summed E-state index contributed by atoms with van der Waals surface area (Å²) in [7, 11) is 3.16. The van der Waals surface area contributed by atoms with Crippen molar-refractivity contribution in [3.05, 3.63) is 59.4 Å². The number of ether oxygens (including phenoxy) is 3. The second kappa shape index (κ2) is 11.5. The van der Waals surface area contributed by atoms with E-state index in [1.165, 1.54) is 17.1 Å². The fourth-order valence-corrected chi connectivity index (χ4v) is 4.74. The zero-order valence-electron chi connectivity index (χ0n) is 20.9. The van der Waals surface area contributed by atoms with E-state index in [9.17, 15) is 14.0 Å². The van der Waals surface area contributed by atoms with Gasteiger partial charge in [-0.25, -0.2) is 9.40 Å². The molecule has 1 unspecified atom stereocenters. The van der Waals surface area contributed by atoms with Crippen LogP contribution in [0, 0.1) is 11.7 Å². The summed E-state index contributed by atoms with van der Waals surface area (Å²) in [5, 5.41) is 6.22. The van der Waals surface area contributed by atoms with Crippen LogP contribution in [0.25, 0.3) is 0 Å². The number of rotatable bonds is 8. The van der Waals surface area contributed by atoms with E-state index in [-0.39, 0.29) is 36.2 Å². The first-order valence-corrected chi connectivity index (χ1v) is 12.2. The number of nitrogens with zero attached hydrogens (tertiary/aromatic N) is 3. The van der Waals surface area contributed by atoms with E-state index in [0.717, 1.165) is 11.1 Å². The number of esters is 1. The van der Waals surface area contributed by atoms with Gasteiger partial charge in [-0.05, 0) is 62.7 Å². The minimum Gasteiger partial charge on any atom is -0.497 e. The summed E-state index contributed by atoms with van der Waals surface area (Å²) in [6.07, 6.45) is 1.78. The molecule has 9 heteroatoms. The van der Waals surface area contributed by atoms with Crippen molar-refractivity contribution in [3.63, 3.8) is 0 Å². The molecule has 0 N–H and O–H groups in total. The van der Waals surface area contributed by atoms with Crippen LogP contribution in [0.15, 0.2) is 47.6 Å². The third-order valence-corrected chi connectivity index (χ3v) is 6.71. The Hall–Kier alpha value is -3.46. The maximum absolute atomic E-state index is 13.6. The van der Waals surface area contributed by atoms with Crippen LogP contribution in [0.5, 0.6) is 11.5 Å². The summed E-state index contributed by atoms with van der Waals surface area (Å²) in [5.41, 5.74) is 2.28. The molecule has 2 aliphatic rings. The summed E-state index contributed by atoms with van der Waals surface area (Å²) in [4.78, 5) is 27.6. The third-order valence-electron chi connectivity index (χ3n) is 6.71. The van der Waals surface area contributed by atoms with Gasteiger partial charge in [0.15, 0.2) is 0 Å². The van der Waals surface area contributed by atoms with Gasteiger partial charge in [-0.3, -0.25) is 14.5 Å². The largest absolute Gasteiger partial charge is 0.497 e. The van der Waals surface area contributed by atoms with Crippen molar-refractivity contribution in [2.75, 3.05) is 40.5 Å². The van der Waals surface area contributed by atoms with Gasteiger partial charge in [-0.1, -0.05) is 12.1 Å². The van der Waals surface area contributed by atoms with E-state index in [0.29, 0.717) is 56.2 Å². The Labute approximate surface area is 210 Å². The zero-order chi connectivity index (χ0) is 25.7. The molecule has 192 valence electrons. The number of likely N-dealkylation sites (tertiary alicyclic amines) is 1. The SMILES string of the molecule is CCOC(=O)C1CCN(CC(=O)N2N=C(c3ccc(OC)cc3OC)CC2c2ccc(F)cc2)CC1. The molecule has 0 aromatic heterocycles. The van der Waals surface area contributed by atoms with Crippen LogP contribution in [0.2, 0.25) is 0 Å². The number of hydrogen-bond donors (Lipinski definition) is 0. The number of piperidine rings is 1. The van der Waals surface area contributed by atoms with Crippen molar-refractivity contribution < 1.29 is 28.2 Å². The van der Waals surface area contributed by atoms with Crippen molar-refractivity contribution in [3.8, 4) is 11.5 Å². The summed E-state index contributed by atoms with van der Waals surface area (Å²) in [6, 6.07) is 11.3. The van der Waals surface area contributed by atoms with Gasteiger partial charge in [0.05, 0.1) is 45.0 Å². The highest BCUT2D eigenvalue weighted by molar-refractivity contribution is 6.05. The molecule has 1 fully saturated rings. The lowest BCUT2D eigenvalue weighted by atomic mass is 9.96. The predicted molar refractivity (Wildman–Crippen MR) is 132 cm³/mol. The van der Waals surface area contributed by atoms with E-state index < -0.39 is 0 Å². The zero-order valence-corrected chi connectivity index (χ0v) is 20.9. The van der Waals surface area contributed by atoms with E-state index in [1.807, 2.05) is 17.0 Å². The van der Waals surface area contributed by atoms with E-state index in [2.05, 4.69) is 0 Å². The average molecular weight is 498 g/mol. The first-order valence-electron chi connectivity index (χ1n) is 12.2. The van der Waals surface area contributed by atoms with Crippen molar-refractivity contribution in [2.24, 2.45) is 11.0 Å². The number of hydrazone groups is 1. The third kappa shape index (κ3) is 5.67. The number of amides is 1. The van der Waals surface area contributed by atoms with Gasteiger partial charge in [-0.2, -0.15) is 5.10 Å². The Morgan fingerprint density at radius 2 is 1.78 bits per heavy atom. The number of hydrogen-bond acceptors (Lipinski definition) is 7. The molecule has 0 bridgehead atoms. The molecule has 2 aromatic carbocycles. The van der Waals surface area contributed by atoms with Gasteiger partial charge in [0.1, 0.15) is 17.3 Å². The highest BCUT2D eigenvalue weighted by atomic mass is 19.1. The molecule has 0 spiro atoms. The quantitative estimate of drug-likeness (QED) is 0.516. The van der Waals surface area contributed by atoms with Gasteiger partial charge in [-0.15, -0.1) is 0 Å². The molecule has 1 amide bonds. The van der Waals surface area contributed by atoms with Gasteiger partial charge in [0.25, 0.3) is 5.91 Å². The minimum absolute atomic E-state index is 0.123. The van der Waals surface area contributed by atoms with Gasteiger partial charge >= 0.3 is 5.97 Å². The second-order valence-electron chi connectivity index (χ2n) is 8.93. The summed E-state index contributed by atoms with van der Waals surface area (Å²) >= 11 is 0. The van der Waals surface area contributed by atoms with Crippen molar-refractivity contribution in [2.45, 2.75) is 32.2 Å². The fourth-order valence-electron chi connectivity index (χ4n) is 4.74. The summed E-state index contributed by atoms with van der Waals surface area (Å²) in [5.74, 6) is 0.479. The average Bonchev–Trinajstić information content (AvgIpc) is 3.34. The molecule has 4 rings (SSSR count). The standard InChI is InChI=1S/C27H32FN3O5/c1-4-36-27(33)19-11-13-30(14-12-19)17-26(32)31-24(18-5-7-20(28)8-6-18)16-23(29-31)22-10-9-21(34-2)15-25(22)35-3/h5-10,15,19,24H,4,11-14,16-17H2,1-3H3. The van der Waals surface area contributed by atoms with Crippen LogP contribution in [0.1, 0.15) is 43.4 Å². The lowest BCUT2D eigenvalue weighted by molar-refractivity contribution is -0.149. The monoisotopic (exact) mass is 497 g/mol. The molecule has 2 aromatic rings. The number of benzene rings is 2. The molecule has 0 radical (unpaired) electrons. The second-order valence-corrected chi connectivity index (χ2v) is 8.93. The van der Waals surface area contributed by atoms with Gasteiger partial charge in [0, 0.05) is 18.1 Å². The molecule has 0 aliphatic carbocycles. The predicted octanol–water partition coefficient (Wildman–Crippen LogP) is 3.80. The first kappa shape index (κ1) is 25.6. The lowest BCUT2D eigenvalue weighted by Crippen LogP contribution is -2.43. The first-order chi connectivity index (χ1) is 17.4. The van der Waals surface area contributed by atoms with E-state index in [1.54, 1.807) is 39.3 Å². The lowest BCUT2D eigenvalue weighted by Gasteiger charge is -2.31. The number of methoxy groups -OCH3 is 2. The number of halogens is 1. The minimum atomic E-state index is -0.364. The van der Waals surface area contributed by atoms with Crippen molar-refractivity contribution in [1.29, 1.82) is 0 Å². The van der Waals surface area contributed by atoms with Crippen LogP contribution >= 0.6 is 0 Å². The molecule has 1 atom stereocenters. The van der Waals surface area contributed by atoms with Crippen LogP contribution in [-0.2, 0) is 14.3 Å². The Morgan fingerprint density at radius 3 is 2.42 bits per heavy atom. The molecule has 2 aliphatic heterocycles. The fraction of sp³-hybridized carbons (Fsp3) is 0.444. The highest BCUT2D eigenvalue weighted by Gasteiger charge is 2.35. The van der Waals surface area contributed by atoms with E-state index >= 15 is 0 Å². The van der Waals surface area contributed by atoms with Crippen molar-refractivity contribution in [1.82, 2.24) is 9.91 Å². The number of carbonyl (C=O) groups is 2. The summed E-state index contributed by atoms with van der Waals surface area (Å²) in [6.45, 7) is 3.62. The molecule has 0 saturated carbocycles. The number of carbonyl (C=O) groups excluding carboxylic acids is 2. The maximum atomic E-state index is 13.6. The van der Waals surface area contributed by atoms with Crippen LogP contribution in [0.3, 0.4) is 0 Å². The highest BCUT2D eigenvalue weighted by Crippen LogP contribution is 2.36. The molecule has 2 heterocycles. The van der Waals surface area contributed by atoms with Crippen LogP contribution in [-0.4, -0.2) is 68.0 Å². The molecule has 1 saturated heterocycles. The molecular weight excluding hydrogens is 465 g/mol. The van der Waals surface area contributed by atoms with Crippen LogP contribution < -0.4 is 9.47 Å². The molecule has 8 nitrogen and oxygen atoms in total. The Balaban J connectivity index is 1.54. The maximum Gasteiger partial charge on any atom is 0.309 e. The van der Waals surface area contributed by atoms with Crippen LogP contribution in [0.4, 0.5) is 4.39 Å². The van der Waals surface area contributed by atoms with Crippen molar-refractivity contribution >= 4 is 17.6 Å². The van der Waals surface area contributed by atoms with Gasteiger partial charge in [0.2, 0.25) is 0 Å². The smallest absolute Gasteiger partial charge is 0.309 e. The Bertz CT molecular complexity index is 1110. The Morgan fingerprint density at radius 1 is 1.06 bits per heavy atom. The van der Waals surface area contributed by atoms with Gasteiger partial charge < -0.3 is 14.2 Å². The molecular formula is C27H32FN3O5. The molecule has 36 heavy (non-hydrogen) atoms. The normalized spacial score (nSPS) is 18.6. The summed E-state index contributed by atoms with van der Waals surface area (Å²) < 4.78 is 29.6.